The van der Waals surface area contributed by atoms with Crippen LogP contribution in [0.1, 0.15) is 28.4 Å². The molecule has 126 valence electrons. The van der Waals surface area contributed by atoms with Crippen molar-refractivity contribution in [2.24, 2.45) is 0 Å². The molecular weight excluding hydrogens is 330 g/mol. The number of nitrogens with one attached hydrogen (secondary N) is 1. The molecule has 0 aliphatic heterocycles. The van der Waals surface area contributed by atoms with E-state index in [1.54, 1.807) is 36.4 Å². The first-order chi connectivity index (χ1) is 11.3. The van der Waals surface area contributed by atoms with Gasteiger partial charge in [-0.25, -0.2) is 8.42 Å². The molecule has 0 unspecified atom stereocenters. The van der Waals surface area contributed by atoms with Crippen molar-refractivity contribution in [3.05, 3.63) is 65.7 Å². The van der Waals surface area contributed by atoms with Crippen LogP contribution < -0.4 is 5.32 Å². The van der Waals surface area contributed by atoms with Crippen LogP contribution in [-0.4, -0.2) is 31.7 Å². The minimum absolute atomic E-state index is 0.00804. The minimum atomic E-state index is -3.58. The highest BCUT2D eigenvalue weighted by molar-refractivity contribution is 7.90. The molecule has 2 aromatic carbocycles. The highest BCUT2D eigenvalue weighted by atomic mass is 32.2. The van der Waals surface area contributed by atoms with Crippen molar-refractivity contribution in [3.8, 4) is 0 Å². The van der Waals surface area contributed by atoms with Gasteiger partial charge in [0.1, 0.15) is 0 Å². The van der Waals surface area contributed by atoms with Crippen LogP contribution in [0.2, 0.25) is 0 Å². The van der Waals surface area contributed by atoms with Gasteiger partial charge >= 0.3 is 5.97 Å². The van der Waals surface area contributed by atoms with Crippen LogP contribution in [0.3, 0.4) is 0 Å². The Bertz CT molecular complexity index is 846. The summed E-state index contributed by atoms with van der Waals surface area (Å²) in [7, 11) is -3.58. The zero-order chi connectivity index (χ0) is 17.7. The van der Waals surface area contributed by atoms with Crippen LogP contribution in [0, 0.1) is 0 Å². The molecule has 0 aliphatic carbocycles. The Hall–Kier alpha value is -2.67. The van der Waals surface area contributed by atoms with Gasteiger partial charge in [-0.05, 0) is 17.7 Å². The molecule has 0 saturated carbocycles. The summed E-state index contributed by atoms with van der Waals surface area (Å²) in [6.07, 6.45) is 0.710. The number of amides is 1. The van der Waals surface area contributed by atoms with Crippen molar-refractivity contribution in [1.29, 1.82) is 0 Å². The Balaban J connectivity index is 2.34. The van der Waals surface area contributed by atoms with E-state index >= 15 is 0 Å². The summed E-state index contributed by atoms with van der Waals surface area (Å²) in [5.41, 5.74) is 0.622. The Morgan fingerprint density at radius 1 is 1.04 bits per heavy atom. The Morgan fingerprint density at radius 2 is 1.62 bits per heavy atom. The molecule has 0 bridgehead atoms. The van der Waals surface area contributed by atoms with Crippen LogP contribution in [0.15, 0.2) is 59.5 Å². The second-order valence-corrected chi connectivity index (χ2v) is 7.29. The van der Waals surface area contributed by atoms with E-state index in [1.807, 2.05) is 0 Å². The van der Waals surface area contributed by atoms with Crippen LogP contribution in [0.4, 0.5) is 0 Å². The molecule has 0 aliphatic rings. The zero-order valence-corrected chi connectivity index (χ0v) is 13.8. The summed E-state index contributed by atoms with van der Waals surface area (Å²) in [6, 6.07) is 13.7. The smallest absolute Gasteiger partial charge is 0.305 e. The number of carboxylic acids is 1. The third-order valence-corrected chi connectivity index (χ3v) is 4.57. The SMILES string of the molecule is CS(=O)(=O)c1ccccc1C(=O)N[C@H](CC(=O)O)c1ccccc1. The molecule has 1 atom stereocenters. The monoisotopic (exact) mass is 347 g/mol. The molecule has 2 rings (SSSR count). The van der Waals surface area contributed by atoms with Gasteiger partial charge in [-0.1, -0.05) is 42.5 Å². The highest BCUT2D eigenvalue weighted by Gasteiger charge is 2.22. The Labute approximate surface area is 140 Å². The molecular formula is C17H17NO5S. The molecule has 0 saturated heterocycles. The number of carbonyl (C=O) groups is 2. The van der Waals surface area contributed by atoms with E-state index in [4.69, 9.17) is 5.11 Å². The van der Waals surface area contributed by atoms with Crippen molar-refractivity contribution < 1.29 is 23.1 Å². The van der Waals surface area contributed by atoms with E-state index in [2.05, 4.69) is 5.32 Å². The summed E-state index contributed by atoms with van der Waals surface area (Å²) in [6.45, 7) is 0. The molecule has 0 spiro atoms. The van der Waals surface area contributed by atoms with Gasteiger partial charge in [0, 0.05) is 6.26 Å². The van der Waals surface area contributed by atoms with Gasteiger partial charge in [0.15, 0.2) is 9.84 Å². The summed E-state index contributed by atoms with van der Waals surface area (Å²) < 4.78 is 23.6. The van der Waals surface area contributed by atoms with Crippen molar-refractivity contribution in [3.63, 3.8) is 0 Å². The van der Waals surface area contributed by atoms with Crippen LogP contribution >= 0.6 is 0 Å². The standard InChI is InChI=1S/C17H17NO5S/c1-24(22,23)15-10-6-5-9-13(15)17(21)18-14(11-16(19)20)12-7-3-2-4-8-12/h2-10,14H,11H2,1H3,(H,18,21)(H,19,20)/t14-/m1/s1. The normalized spacial score (nSPS) is 12.4. The Kier molecular flexibility index (Phi) is 5.35. The molecule has 2 N–H and O–H groups in total. The molecule has 0 heterocycles. The third-order valence-electron chi connectivity index (χ3n) is 3.42. The molecule has 7 heteroatoms. The number of rotatable bonds is 6. The maximum absolute atomic E-state index is 12.5. The van der Waals surface area contributed by atoms with Gasteiger partial charge in [-0.3, -0.25) is 9.59 Å². The molecule has 24 heavy (non-hydrogen) atoms. The lowest BCUT2D eigenvalue weighted by Gasteiger charge is -2.18. The maximum atomic E-state index is 12.5. The lowest BCUT2D eigenvalue weighted by molar-refractivity contribution is -0.137. The molecule has 0 radical (unpaired) electrons. The fourth-order valence-electron chi connectivity index (χ4n) is 2.33. The number of hydrogen-bond donors (Lipinski definition) is 2. The average molecular weight is 347 g/mol. The predicted molar refractivity (Wildman–Crippen MR) is 88.5 cm³/mol. The number of carbonyl (C=O) groups excluding carboxylic acids is 1. The van der Waals surface area contributed by atoms with E-state index in [0.717, 1.165) is 6.26 Å². The first-order valence-electron chi connectivity index (χ1n) is 7.15. The van der Waals surface area contributed by atoms with Crippen molar-refractivity contribution in [2.45, 2.75) is 17.4 Å². The molecule has 0 fully saturated rings. The highest BCUT2D eigenvalue weighted by Crippen LogP contribution is 2.20. The van der Waals surface area contributed by atoms with Gasteiger partial charge in [0.2, 0.25) is 0 Å². The summed E-state index contributed by atoms with van der Waals surface area (Å²) in [5, 5.41) is 11.7. The molecule has 6 nitrogen and oxygen atoms in total. The fourth-order valence-corrected chi connectivity index (χ4v) is 3.21. The molecule has 0 aromatic heterocycles. The van der Waals surface area contributed by atoms with E-state index < -0.39 is 27.8 Å². The summed E-state index contributed by atoms with van der Waals surface area (Å²) in [4.78, 5) is 23.5. The van der Waals surface area contributed by atoms with E-state index in [0.29, 0.717) is 5.56 Å². The van der Waals surface area contributed by atoms with Crippen molar-refractivity contribution in [2.75, 3.05) is 6.26 Å². The third kappa shape index (κ3) is 4.42. The topological polar surface area (TPSA) is 101 Å². The quantitative estimate of drug-likeness (QED) is 0.833. The fraction of sp³-hybridized carbons (Fsp3) is 0.176. The molecule has 1 amide bonds. The predicted octanol–water partition coefficient (Wildman–Crippen LogP) is 2.04. The lowest BCUT2D eigenvalue weighted by atomic mass is 10.0. The summed E-state index contributed by atoms with van der Waals surface area (Å²) >= 11 is 0. The van der Waals surface area contributed by atoms with Gasteiger partial charge in [-0.15, -0.1) is 0 Å². The van der Waals surface area contributed by atoms with Gasteiger partial charge in [0.25, 0.3) is 5.91 Å². The number of sulfone groups is 1. The van der Waals surface area contributed by atoms with Crippen LogP contribution in [0.25, 0.3) is 0 Å². The maximum Gasteiger partial charge on any atom is 0.305 e. The lowest BCUT2D eigenvalue weighted by Crippen LogP contribution is -2.31. The van der Waals surface area contributed by atoms with Crippen LogP contribution in [0.5, 0.6) is 0 Å². The number of aliphatic carboxylic acids is 1. The van der Waals surface area contributed by atoms with E-state index in [-0.39, 0.29) is 16.9 Å². The van der Waals surface area contributed by atoms with Gasteiger partial charge in [0.05, 0.1) is 22.9 Å². The second-order valence-electron chi connectivity index (χ2n) is 5.30. The van der Waals surface area contributed by atoms with Crippen molar-refractivity contribution in [1.82, 2.24) is 5.32 Å². The Morgan fingerprint density at radius 3 is 2.21 bits per heavy atom. The van der Waals surface area contributed by atoms with Crippen molar-refractivity contribution >= 4 is 21.7 Å². The van der Waals surface area contributed by atoms with E-state index in [1.165, 1.54) is 18.2 Å². The zero-order valence-electron chi connectivity index (χ0n) is 13.0. The number of benzene rings is 2. The number of hydrogen-bond acceptors (Lipinski definition) is 4. The summed E-state index contributed by atoms with van der Waals surface area (Å²) in [5.74, 6) is -1.70. The first-order valence-corrected chi connectivity index (χ1v) is 9.05. The minimum Gasteiger partial charge on any atom is -0.481 e. The second kappa shape index (κ2) is 7.27. The van der Waals surface area contributed by atoms with Gasteiger partial charge in [-0.2, -0.15) is 0 Å². The largest absolute Gasteiger partial charge is 0.481 e. The van der Waals surface area contributed by atoms with E-state index in [9.17, 15) is 18.0 Å². The number of carboxylic acid groups (broad SMARTS) is 1. The van der Waals surface area contributed by atoms with Gasteiger partial charge < -0.3 is 10.4 Å². The molecule has 2 aromatic rings. The first kappa shape index (κ1) is 17.7. The van der Waals surface area contributed by atoms with Crippen LogP contribution in [-0.2, 0) is 14.6 Å². The average Bonchev–Trinajstić information content (AvgIpc) is 2.54.